The number of hydrogen-bond acceptors (Lipinski definition) is 4. The Morgan fingerprint density at radius 2 is 1.86 bits per heavy atom. The van der Waals surface area contributed by atoms with Gasteiger partial charge in [-0.25, -0.2) is 0 Å². The maximum atomic E-state index is 12.3. The summed E-state index contributed by atoms with van der Waals surface area (Å²) in [5, 5.41) is 2.78. The predicted molar refractivity (Wildman–Crippen MR) is 83.9 cm³/mol. The van der Waals surface area contributed by atoms with Crippen LogP contribution in [0.1, 0.15) is 10.4 Å². The third-order valence-corrected chi connectivity index (χ3v) is 3.56. The number of amides is 1. The summed E-state index contributed by atoms with van der Waals surface area (Å²) >= 11 is 3.33. The lowest BCUT2D eigenvalue weighted by atomic mass is 10.1. The molecule has 2 aromatic carbocycles. The molecule has 0 unspecified atom stereocenters. The number of rotatable bonds is 2. The van der Waals surface area contributed by atoms with Crippen LogP contribution in [0.2, 0.25) is 0 Å². The van der Waals surface area contributed by atoms with Crippen molar-refractivity contribution < 1.29 is 14.3 Å². The largest absolute Gasteiger partial charge is 0.486 e. The molecule has 3 N–H and O–H groups in total. The quantitative estimate of drug-likeness (QED) is 0.818. The molecule has 1 aliphatic heterocycles. The third-order valence-electron chi connectivity index (χ3n) is 3.07. The molecule has 0 aliphatic carbocycles. The average Bonchev–Trinajstić information content (AvgIpc) is 2.49. The zero-order chi connectivity index (χ0) is 14.8. The first kappa shape index (κ1) is 13.8. The number of nitrogens with two attached hydrogens (primary N) is 1. The van der Waals surface area contributed by atoms with Crippen molar-refractivity contribution in [2.75, 3.05) is 24.3 Å². The lowest BCUT2D eigenvalue weighted by molar-refractivity contribution is 0.102. The minimum Gasteiger partial charge on any atom is -0.486 e. The van der Waals surface area contributed by atoms with Crippen molar-refractivity contribution in [2.45, 2.75) is 0 Å². The van der Waals surface area contributed by atoms with E-state index in [1.807, 2.05) is 6.07 Å². The molecule has 0 fully saturated rings. The van der Waals surface area contributed by atoms with E-state index in [1.54, 1.807) is 30.3 Å². The molecular formula is C15H13BrN2O3. The van der Waals surface area contributed by atoms with Gasteiger partial charge in [-0.15, -0.1) is 0 Å². The van der Waals surface area contributed by atoms with E-state index in [2.05, 4.69) is 21.2 Å². The van der Waals surface area contributed by atoms with Crippen molar-refractivity contribution in [3.05, 3.63) is 46.4 Å². The standard InChI is InChI=1S/C15H13BrN2O3/c16-10-2-3-12(11(17)8-10)18-15(19)9-1-4-13-14(7-9)21-6-5-20-13/h1-4,7-8H,5-6,17H2,(H,18,19). The zero-order valence-electron chi connectivity index (χ0n) is 11.1. The lowest BCUT2D eigenvalue weighted by Gasteiger charge is -2.18. The van der Waals surface area contributed by atoms with Crippen LogP contribution < -0.4 is 20.5 Å². The molecule has 0 radical (unpaired) electrons. The first-order chi connectivity index (χ1) is 10.1. The number of anilines is 2. The van der Waals surface area contributed by atoms with Gasteiger partial charge in [0.05, 0.1) is 11.4 Å². The highest BCUT2D eigenvalue weighted by atomic mass is 79.9. The molecule has 0 aromatic heterocycles. The second kappa shape index (κ2) is 5.65. The molecular weight excluding hydrogens is 336 g/mol. The summed E-state index contributed by atoms with van der Waals surface area (Å²) in [5.41, 5.74) is 7.42. The SMILES string of the molecule is Nc1cc(Br)ccc1NC(=O)c1ccc2c(c1)OCCO2. The van der Waals surface area contributed by atoms with E-state index in [4.69, 9.17) is 15.2 Å². The summed E-state index contributed by atoms with van der Waals surface area (Å²) in [6.45, 7) is 1.01. The number of nitrogens with one attached hydrogen (secondary N) is 1. The molecule has 1 heterocycles. The van der Waals surface area contributed by atoms with Gasteiger partial charge in [0.2, 0.25) is 0 Å². The lowest BCUT2D eigenvalue weighted by Crippen LogP contribution is -2.17. The maximum Gasteiger partial charge on any atom is 0.255 e. The topological polar surface area (TPSA) is 73.6 Å². The van der Waals surface area contributed by atoms with E-state index in [0.717, 1.165) is 4.47 Å². The van der Waals surface area contributed by atoms with Gasteiger partial charge in [-0.3, -0.25) is 4.79 Å². The molecule has 0 bridgehead atoms. The number of carbonyl (C=O) groups excluding carboxylic acids is 1. The van der Waals surface area contributed by atoms with Crippen LogP contribution in [0.15, 0.2) is 40.9 Å². The van der Waals surface area contributed by atoms with Crippen molar-refractivity contribution in [2.24, 2.45) is 0 Å². The highest BCUT2D eigenvalue weighted by Gasteiger charge is 2.15. The molecule has 0 saturated carbocycles. The van der Waals surface area contributed by atoms with Crippen molar-refractivity contribution in [1.82, 2.24) is 0 Å². The molecule has 1 amide bonds. The molecule has 108 valence electrons. The van der Waals surface area contributed by atoms with Gasteiger partial charge in [-0.2, -0.15) is 0 Å². The monoisotopic (exact) mass is 348 g/mol. The molecule has 0 spiro atoms. The van der Waals surface area contributed by atoms with Crippen LogP contribution >= 0.6 is 15.9 Å². The summed E-state index contributed by atoms with van der Waals surface area (Å²) < 4.78 is 11.8. The van der Waals surface area contributed by atoms with Gasteiger partial charge in [-0.1, -0.05) is 15.9 Å². The predicted octanol–water partition coefficient (Wildman–Crippen LogP) is 3.05. The van der Waals surface area contributed by atoms with Gasteiger partial charge in [0.15, 0.2) is 11.5 Å². The molecule has 0 saturated heterocycles. The number of ether oxygens (including phenoxy) is 2. The Morgan fingerprint density at radius 3 is 2.62 bits per heavy atom. The Bertz CT molecular complexity index is 703. The minimum atomic E-state index is -0.249. The van der Waals surface area contributed by atoms with Gasteiger partial charge in [0, 0.05) is 10.0 Å². The number of nitrogen functional groups attached to an aromatic ring is 1. The van der Waals surface area contributed by atoms with Crippen LogP contribution in [-0.2, 0) is 0 Å². The normalized spacial score (nSPS) is 12.8. The number of fused-ring (bicyclic) bond motifs is 1. The summed E-state index contributed by atoms with van der Waals surface area (Å²) in [5.74, 6) is 0.986. The maximum absolute atomic E-state index is 12.3. The van der Waals surface area contributed by atoms with Gasteiger partial charge >= 0.3 is 0 Å². The fourth-order valence-corrected chi connectivity index (χ4v) is 2.41. The summed E-state index contributed by atoms with van der Waals surface area (Å²) in [4.78, 5) is 12.3. The van der Waals surface area contributed by atoms with Crippen LogP contribution in [0.5, 0.6) is 11.5 Å². The molecule has 5 nitrogen and oxygen atoms in total. The summed E-state index contributed by atoms with van der Waals surface area (Å²) in [6.07, 6.45) is 0. The van der Waals surface area contributed by atoms with Crippen LogP contribution in [-0.4, -0.2) is 19.1 Å². The van der Waals surface area contributed by atoms with Gasteiger partial charge in [0.1, 0.15) is 13.2 Å². The second-order valence-corrected chi connectivity index (χ2v) is 5.46. The second-order valence-electron chi connectivity index (χ2n) is 4.54. The average molecular weight is 349 g/mol. The summed E-state index contributed by atoms with van der Waals surface area (Å²) in [7, 11) is 0. The van der Waals surface area contributed by atoms with Crippen molar-refractivity contribution in [3.8, 4) is 11.5 Å². The minimum absolute atomic E-state index is 0.249. The van der Waals surface area contributed by atoms with Crippen LogP contribution in [0, 0.1) is 0 Å². The van der Waals surface area contributed by atoms with Crippen molar-refractivity contribution in [3.63, 3.8) is 0 Å². The highest BCUT2D eigenvalue weighted by molar-refractivity contribution is 9.10. The van der Waals surface area contributed by atoms with Gasteiger partial charge in [-0.05, 0) is 36.4 Å². The molecule has 21 heavy (non-hydrogen) atoms. The zero-order valence-corrected chi connectivity index (χ0v) is 12.6. The van der Waals surface area contributed by atoms with Crippen molar-refractivity contribution >= 4 is 33.2 Å². The van der Waals surface area contributed by atoms with Crippen LogP contribution in [0.25, 0.3) is 0 Å². The van der Waals surface area contributed by atoms with E-state index < -0.39 is 0 Å². The van der Waals surface area contributed by atoms with E-state index in [9.17, 15) is 4.79 Å². The molecule has 1 aliphatic rings. The first-order valence-electron chi connectivity index (χ1n) is 6.39. The Balaban J connectivity index is 1.82. The fourth-order valence-electron chi connectivity index (χ4n) is 2.03. The van der Waals surface area contributed by atoms with E-state index in [0.29, 0.717) is 41.7 Å². The van der Waals surface area contributed by atoms with Gasteiger partial charge in [0.25, 0.3) is 5.91 Å². The van der Waals surface area contributed by atoms with Crippen LogP contribution in [0.4, 0.5) is 11.4 Å². The number of hydrogen-bond donors (Lipinski definition) is 2. The Kier molecular flexibility index (Phi) is 3.70. The van der Waals surface area contributed by atoms with Crippen molar-refractivity contribution in [1.29, 1.82) is 0 Å². The highest BCUT2D eigenvalue weighted by Crippen LogP contribution is 2.31. The van der Waals surface area contributed by atoms with Gasteiger partial charge < -0.3 is 20.5 Å². The summed E-state index contributed by atoms with van der Waals surface area (Å²) in [6, 6.07) is 10.4. The number of benzene rings is 2. The first-order valence-corrected chi connectivity index (χ1v) is 7.19. The third kappa shape index (κ3) is 2.95. The smallest absolute Gasteiger partial charge is 0.255 e. The molecule has 3 rings (SSSR count). The van der Waals surface area contributed by atoms with E-state index in [1.165, 1.54) is 0 Å². The number of carbonyl (C=O) groups is 1. The Hall–Kier alpha value is -2.21. The Labute approximate surface area is 130 Å². The number of halogens is 1. The molecule has 2 aromatic rings. The van der Waals surface area contributed by atoms with E-state index in [-0.39, 0.29) is 5.91 Å². The molecule has 6 heteroatoms. The molecule has 0 atom stereocenters. The van der Waals surface area contributed by atoms with E-state index >= 15 is 0 Å². The Morgan fingerprint density at radius 1 is 1.10 bits per heavy atom. The van der Waals surface area contributed by atoms with Crippen LogP contribution in [0.3, 0.4) is 0 Å². The fraction of sp³-hybridized carbons (Fsp3) is 0.133.